The molecule has 1 atom stereocenters. The number of nitrogens with zero attached hydrogens (tertiary/aromatic N) is 3. The number of Topliss-reactive ketones (excluding diaryl/α,β-unsaturated/α-hetero) is 1. The lowest BCUT2D eigenvalue weighted by molar-refractivity contribution is 0.0987. The zero-order chi connectivity index (χ0) is 21.8. The molecule has 30 heavy (non-hydrogen) atoms. The first kappa shape index (κ1) is 21.8. The third-order valence-electron chi connectivity index (χ3n) is 4.80. The Bertz CT molecular complexity index is 1020. The molecule has 2 heterocycles. The summed E-state index contributed by atoms with van der Waals surface area (Å²) >= 11 is 1.60. The fourth-order valence-corrected chi connectivity index (χ4v) is 4.80. The highest BCUT2D eigenvalue weighted by molar-refractivity contribution is 8.15. The van der Waals surface area contributed by atoms with Crippen molar-refractivity contribution in [3.05, 3.63) is 53.5 Å². The Hall–Kier alpha value is -2.85. The molecule has 0 unspecified atom stereocenters. The van der Waals surface area contributed by atoms with Crippen molar-refractivity contribution in [3.63, 3.8) is 0 Å². The Morgan fingerprint density at radius 2 is 2.07 bits per heavy atom. The van der Waals surface area contributed by atoms with Crippen LogP contribution in [0.15, 0.2) is 41.7 Å². The number of ketones is 1. The van der Waals surface area contributed by atoms with E-state index in [9.17, 15) is 4.79 Å². The molecule has 0 radical (unpaired) electrons. The largest absolute Gasteiger partial charge is 0.463 e. The number of hydrogen-bond donors (Lipinski definition) is 1. The molecular formula is C23H26N4O2S. The molecule has 0 amide bonds. The number of amidine groups is 1. The molecular weight excluding hydrogens is 396 g/mol. The minimum atomic E-state index is -0.419. The molecule has 0 aliphatic carbocycles. The highest BCUT2D eigenvalue weighted by Gasteiger charge is 2.39. The van der Waals surface area contributed by atoms with Gasteiger partial charge in [-0.2, -0.15) is 0 Å². The summed E-state index contributed by atoms with van der Waals surface area (Å²) in [7, 11) is 0. The second kappa shape index (κ2) is 8.88. The third kappa shape index (κ3) is 5.39. The monoisotopic (exact) mass is 422 g/mol. The van der Waals surface area contributed by atoms with E-state index in [1.54, 1.807) is 18.7 Å². The zero-order valence-corrected chi connectivity index (χ0v) is 18.5. The molecule has 0 spiro atoms. The zero-order valence-electron chi connectivity index (χ0n) is 17.7. The van der Waals surface area contributed by atoms with Crippen LogP contribution in [-0.2, 0) is 12.0 Å². The van der Waals surface area contributed by atoms with Crippen LogP contribution >= 0.6 is 11.8 Å². The number of rotatable bonds is 6. The second-order valence-electron chi connectivity index (χ2n) is 8.02. The van der Waals surface area contributed by atoms with Crippen LogP contribution in [0.25, 0.3) is 0 Å². The van der Waals surface area contributed by atoms with E-state index in [4.69, 9.17) is 15.5 Å². The Morgan fingerprint density at radius 1 is 1.27 bits per heavy atom. The highest BCUT2D eigenvalue weighted by Crippen LogP contribution is 2.44. The molecule has 0 fully saturated rings. The van der Waals surface area contributed by atoms with Crippen molar-refractivity contribution in [2.75, 3.05) is 6.61 Å². The van der Waals surface area contributed by atoms with Crippen molar-refractivity contribution in [2.24, 2.45) is 10.7 Å². The van der Waals surface area contributed by atoms with Crippen molar-refractivity contribution in [3.8, 4) is 17.7 Å². The van der Waals surface area contributed by atoms with Crippen molar-refractivity contribution >= 4 is 22.7 Å². The molecule has 2 N–H and O–H groups in total. The molecule has 7 heteroatoms. The average Bonchev–Trinajstić information content (AvgIpc) is 2.67. The Labute approximate surface area is 181 Å². The first-order valence-electron chi connectivity index (χ1n) is 9.72. The van der Waals surface area contributed by atoms with Gasteiger partial charge in [0, 0.05) is 11.2 Å². The maximum Gasteiger partial charge on any atom is 0.233 e. The van der Waals surface area contributed by atoms with Crippen LogP contribution in [0.1, 0.15) is 55.7 Å². The van der Waals surface area contributed by atoms with Gasteiger partial charge in [0.2, 0.25) is 5.88 Å². The molecule has 2 aromatic rings. The molecule has 1 aromatic carbocycles. The number of aromatic nitrogens is 2. The summed E-state index contributed by atoms with van der Waals surface area (Å²) in [5, 5.41) is 0.595. The van der Waals surface area contributed by atoms with Gasteiger partial charge in [0.1, 0.15) is 5.69 Å². The molecule has 0 saturated carbocycles. The quantitative estimate of drug-likeness (QED) is 0.563. The van der Waals surface area contributed by atoms with E-state index >= 15 is 0 Å². The summed E-state index contributed by atoms with van der Waals surface area (Å²) in [5.74, 6) is 5.76. The lowest BCUT2D eigenvalue weighted by Gasteiger charge is -2.39. The van der Waals surface area contributed by atoms with Gasteiger partial charge in [0.05, 0.1) is 17.9 Å². The Morgan fingerprint density at radius 3 is 2.73 bits per heavy atom. The SMILES string of the molecule is CC#CCOc1cnc(C(=O)Cc2cccc([C@]3(C)CC(C)(C)SC(N)=N3)c2)cn1. The summed E-state index contributed by atoms with van der Waals surface area (Å²) in [6.45, 7) is 8.42. The van der Waals surface area contributed by atoms with E-state index in [0.717, 1.165) is 17.5 Å². The van der Waals surface area contributed by atoms with E-state index in [2.05, 4.69) is 42.6 Å². The first-order chi connectivity index (χ1) is 14.2. The number of hydrogen-bond acceptors (Lipinski definition) is 7. The van der Waals surface area contributed by atoms with Crippen LogP contribution in [0.5, 0.6) is 5.88 Å². The smallest absolute Gasteiger partial charge is 0.233 e. The van der Waals surface area contributed by atoms with E-state index < -0.39 is 5.54 Å². The fourth-order valence-electron chi connectivity index (χ4n) is 3.63. The van der Waals surface area contributed by atoms with E-state index in [1.807, 2.05) is 24.3 Å². The lowest BCUT2D eigenvalue weighted by atomic mass is 9.83. The van der Waals surface area contributed by atoms with Gasteiger partial charge in [-0.3, -0.25) is 9.79 Å². The van der Waals surface area contributed by atoms with Crippen molar-refractivity contribution < 1.29 is 9.53 Å². The highest BCUT2D eigenvalue weighted by atomic mass is 32.2. The molecule has 1 aliphatic rings. The van der Waals surface area contributed by atoms with Gasteiger partial charge in [-0.05, 0) is 31.4 Å². The average molecular weight is 423 g/mol. The minimum Gasteiger partial charge on any atom is -0.463 e. The van der Waals surface area contributed by atoms with Gasteiger partial charge in [-0.1, -0.05) is 55.8 Å². The van der Waals surface area contributed by atoms with Gasteiger partial charge in [-0.15, -0.1) is 5.92 Å². The lowest BCUT2D eigenvalue weighted by Crippen LogP contribution is -2.38. The number of benzene rings is 1. The van der Waals surface area contributed by atoms with E-state index in [-0.39, 0.29) is 23.6 Å². The summed E-state index contributed by atoms with van der Waals surface area (Å²) in [6.07, 6.45) is 3.98. The molecule has 3 rings (SSSR count). The minimum absolute atomic E-state index is 0.00543. The number of carbonyl (C=O) groups excluding carboxylic acids is 1. The normalized spacial score (nSPS) is 19.9. The molecule has 0 bridgehead atoms. The van der Waals surface area contributed by atoms with Crippen LogP contribution in [0.2, 0.25) is 0 Å². The summed E-state index contributed by atoms with van der Waals surface area (Å²) in [4.78, 5) is 25.7. The molecule has 1 aliphatic heterocycles. The van der Waals surface area contributed by atoms with Crippen LogP contribution in [0.3, 0.4) is 0 Å². The van der Waals surface area contributed by atoms with Gasteiger partial charge >= 0.3 is 0 Å². The van der Waals surface area contributed by atoms with Crippen molar-refractivity contribution in [1.29, 1.82) is 0 Å². The van der Waals surface area contributed by atoms with Crippen molar-refractivity contribution in [2.45, 2.75) is 50.8 Å². The molecule has 6 nitrogen and oxygen atoms in total. The number of carbonyl (C=O) groups is 1. The number of aliphatic imine (C=N–C) groups is 1. The predicted octanol–water partition coefficient (Wildman–Crippen LogP) is 3.75. The predicted molar refractivity (Wildman–Crippen MR) is 121 cm³/mol. The van der Waals surface area contributed by atoms with Crippen LogP contribution < -0.4 is 10.5 Å². The van der Waals surface area contributed by atoms with Gasteiger partial charge in [-0.25, -0.2) is 9.97 Å². The Kier molecular flexibility index (Phi) is 6.47. The first-order valence-corrected chi connectivity index (χ1v) is 10.5. The number of nitrogens with two attached hydrogens (primary N) is 1. The van der Waals surface area contributed by atoms with Crippen LogP contribution in [0.4, 0.5) is 0 Å². The Balaban J connectivity index is 1.74. The van der Waals surface area contributed by atoms with E-state index in [1.165, 1.54) is 12.4 Å². The number of ether oxygens (including phenoxy) is 1. The topological polar surface area (TPSA) is 90.5 Å². The molecule has 0 saturated heterocycles. The van der Waals surface area contributed by atoms with Crippen molar-refractivity contribution in [1.82, 2.24) is 9.97 Å². The van der Waals surface area contributed by atoms with Gasteiger partial charge in [0.25, 0.3) is 0 Å². The van der Waals surface area contributed by atoms with Crippen LogP contribution in [0, 0.1) is 11.8 Å². The molecule has 156 valence electrons. The fraction of sp³-hybridized carbons (Fsp3) is 0.391. The maximum absolute atomic E-state index is 12.7. The third-order valence-corrected chi connectivity index (χ3v) is 5.80. The summed E-state index contributed by atoms with van der Waals surface area (Å²) in [6, 6.07) is 7.98. The van der Waals surface area contributed by atoms with Gasteiger partial charge < -0.3 is 10.5 Å². The standard InChI is InChI=1S/C23H26N4O2S/c1-5-6-10-29-20-14-25-18(13-26-20)19(28)12-16-8-7-9-17(11-16)23(4)15-22(2,3)30-21(24)27-23/h7-9,11,13-14H,10,12,15H2,1-4H3,(H2,24,27)/t23-/m0/s1. The second-order valence-corrected chi connectivity index (χ2v) is 9.75. The van der Waals surface area contributed by atoms with Gasteiger partial charge in [0.15, 0.2) is 17.6 Å². The molecule has 1 aromatic heterocycles. The summed E-state index contributed by atoms with van der Waals surface area (Å²) < 4.78 is 5.33. The maximum atomic E-state index is 12.7. The van der Waals surface area contributed by atoms with Crippen LogP contribution in [-0.4, -0.2) is 32.3 Å². The number of thioether (sulfide) groups is 1. The summed E-state index contributed by atoms with van der Waals surface area (Å²) in [5.41, 5.74) is 7.94. The van der Waals surface area contributed by atoms with E-state index in [0.29, 0.717) is 16.7 Å².